The molecule has 0 aliphatic heterocycles. The van der Waals surface area contributed by atoms with Gasteiger partial charge in [-0.25, -0.2) is 0 Å². The van der Waals surface area contributed by atoms with Crippen molar-refractivity contribution in [2.75, 3.05) is 6.54 Å². The summed E-state index contributed by atoms with van der Waals surface area (Å²) in [5.74, 6) is -1.37. The fourth-order valence-corrected chi connectivity index (χ4v) is 2.34. The van der Waals surface area contributed by atoms with Crippen molar-refractivity contribution < 1.29 is 14.7 Å². The van der Waals surface area contributed by atoms with Gasteiger partial charge in [-0.3, -0.25) is 9.59 Å². The average molecular weight is 282 g/mol. The SMILES string of the molecule is O=C(O)C1(C(=O)NCCc2ccc(Cl)cc2)CCC1. The van der Waals surface area contributed by atoms with Crippen LogP contribution in [-0.2, 0) is 16.0 Å². The number of nitrogens with one attached hydrogen (secondary N) is 1. The van der Waals surface area contributed by atoms with E-state index in [0.717, 1.165) is 12.0 Å². The Balaban J connectivity index is 1.84. The summed E-state index contributed by atoms with van der Waals surface area (Å²) in [6.45, 7) is 0.440. The van der Waals surface area contributed by atoms with Gasteiger partial charge in [0.05, 0.1) is 0 Å². The molecule has 0 saturated heterocycles. The van der Waals surface area contributed by atoms with Gasteiger partial charge in [-0.15, -0.1) is 0 Å². The fourth-order valence-electron chi connectivity index (χ4n) is 2.21. The van der Waals surface area contributed by atoms with Crippen molar-refractivity contribution in [3.63, 3.8) is 0 Å². The van der Waals surface area contributed by atoms with E-state index in [1.807, 2.05) is 12.1 Å². The fraction of sp³-hybridized carbons (Fsp3) is 0.429. The number of carbonyl (C=O) groups excluding carboxylic acids is 1. The van der Waals surface area contributed by atoms with Crippen molar-refractivity contribution >= 4 is 23.5 Å². The number of aliphatic carboxylic acids is 1. The zero-order chi connectivity index (χ0) is 13.9. The highest BCUT2D eigenvalue weighted by atomic mass is 35.5. The van der Waals surface area contributed by atoms with E-state index in [9.17, 15) is 9.59 Å². The van der Waals surface area contributed by atoms with E-state index in [4.69, 9.17) is 16.7 Å². The number of rotatable bonds is 5. The first-order valence-electron chi connectivity index (χ1n) is 6.31. The van der Waals surface area contributed by atoms with Crippen molar-refractivity contribution in [2.45, 2.75) is 25.7 Å². The maximum Gasteiger partial charge on any atom is 0.319 e. The summed E-state index contributed by atoms with van der Waals surface area (Å²) in [5.41, 5.74) is -0.123. The lowest BCUT2D eigenvalue weighted by Crippen LogP contribution is -2.51. The van der Waals surface area contributed by atoms with E-state index in [2.05, 4.69) is 5.32 Å². The molecule has 1 aliphatic rings. The molecule has 0 aromatic heterocycles. The lowest BCUT2D eigenvalue weighted by molar-refractivity contribution is -0.162. The third-order valence-electron chi connectivity index (χ3n) is 3.66. The zero-order valence-corrected chi connectivity index (χ0v) is 11.2. The molecule has 1 aliphatic carbocycles. The predicted molar refractivity (Wildman–Crippen MR) is 72.1 cm³/mol. The minimum atomic E-state index is -1.18. The number of hydrogen-bond acceptors (Lipinski definition) is 2. The number of carboxylic acids is 1. The Morgan fingerprint density at radius 3 is 2.37 bits per heavy atom. The maximum atomic E-state index is 11.9. The lowest BCUT2D eigenvalue weighted by Gasteiger charge is -2.35. The molecule has 2 rings (SSSR count). The molecule has 102 valence electrons. The maximum absolute atomic E-state index is 11.9. The van der Waals surface area contributed by atoms with Crippen molar-refractivity contribution in [1.29, 1.82) is 0 Å². The number of amides is 1. The quantitative estimate of drug-likeness (QED) is 0.814. The first-order chi connectivity index (χ1) is 9.04. The second kappa shape index (κ2) is 5.61. The number of hydrogen-bond donors (Lipinski definition) is 2. The molecule has 5 heteroatoms. The molecule has 1 aromatic carbocycles. The van der Waals surface area contributed by atoms with Gasteiger partial charge in [0.15, 0.2) is 0 Å². The van der Waals surface area contributed by atoms with Crippen LogP contribution in [0.15, 0.2) is 24.3 Å². The summed E-state index contributed by atoms with van der Waals surface area (Å²) in [4.78, 5) is 23.1. The molecule has 19 heavy (non-hydrogen) atoms. The monoisotopic (exact) mass is 281 g/mol. The summed E-state index contributed by atoms with van der Waals surface area (Å²) in [6.07, 6.45) is 2.35. The van der Waals surface area contributed by atoms with Crippen LogP contribution in [0.1, 0.15) is 24.8 Å². The summed E-state index contributed by atoms with van der Waals surface area (Å²) in [5, 5.41) is 12.5. The first-order valence-corrected chi connectivity index (χ1v) is 6.68. The highest BCUT2D eigenvalue weighted by Gasteiger charge is 2.50. The van der Waals surface area contributed by atoms with Crippen LogP contribution in [-0.4, -0.2) is 23.5 Å². The zero-order valence-electron chi connectivity index (χ0n) is 10.5. The second-order valence-electron chi connectivity index (χ2n) is 4.87. The number of carboxylic acid groups (broad SMARTS) is 1. The molecular weight excluding hydrogens is 266 g/mol. The summed E-state index contributed by atoms with van der Waals surface area (Å²) in [7, 11) is 0. The Morgan fingerprint density at radius 1 is 1.26 bits per heavy atom. The van der Waals surface area contributed by atoms with Crippen LogP contribution in [0.25, 0.3) is 0 Å². The topological polar surface area (TPSA) is 66.4 Å². The Morgan fingerprint density at radius 2 is 1.89 bits per heavy atom. The van der Waals surface area contributed by atoms with E-state index in [0.29, 0.717) is 30.8 Å². The molecule has 1 saturated carbocycles. The van der Waals surface area contributed by atoms with Crippen molar-refractivity contribution in [3.05, 3.63) is 34.9 Å². The van der Waals surface area contributed by atoms with Gasteiger partial charge in [-0.2, -0.15) is 0 Å². The second-order valence-corrected chi connectivity index (χ2v) is 5.31. The molecule has 0 spiro atoms. The van der Waals surface area contributed by atoms with Crippen LogP contribution in [0.3, 0.4) is 0 Å². The summed E-state index contributed by atoms with van der Waals surface area (Å²) >= 11 is 5.78. The van der Waals surface area contributed by atoms with Gasteiger partial charge < -0.3 is 10.4 Å². The minimum absolute atomic E-state index is 0.361. The van der Waals surface area contributed by atoms with Gasteiger partial charge in [-0.1, -0.05) is 30.2 Å². The van der Waals surface area contributed by atoms with Crippen molar-refractivity contribution in [2.24, 2.45) is 5.41 Å². The van der Waals surface area contributed by atoms with E-state index >= 15 is 0 Å². The van der Waals surface area contributed by atoms with Crippen LogP contribution >= 0.6 is 11.6 Å². The highest BCUT2D eigenvalue weighted by molar-refractivity contribution is 6.30. The van der Waals surface area contributed by atoms with Gasteiger partial charge in [0.1, 0.15) is 5.41 Å². The first kappa shape index (κ1) is 13.9. The highest BCUT2D eigenvalue weighted by Crippen LogP contribution is 2.41. The van der Waals surface area contributed by atoms with Gasteiger partial charge in [0.25, 0.3) is 0 Å². The van der Waals surface area contributed by atoms with Crippen molar-refractivity contribution in [1.82, 2.24) is 5.32 Å². The summed E-state index contributed by atoms with van der Waals surface area (Å²) in [6, 6.07) is 7.38. The Labute approximate surface area is 116 Å². The van der Waals surface area contributed by atoms with Gasteiger partial charge in [0, 0.05) is 11.6 Å². The number of halogens is 1. The number of carbonyl (C=O) groups is 2. The van der Waals surface area contributed by atoms with Gasteiger partial charge in [0.2, 0.25) is 5.91 Å². The Hall–Kier alpha value is -1.55. The molecule has 4 nitrogen and oxygen atoms in total. The largest absolute Gasteiger partial charge is 0.480 e. The third kappa shape index (κ3) is 2.89. The molecule has 1 aromatic rings. The van der Waals surface area contributed by atoms with E-state index < -0.39 is 11.4 Å². The summed E-state index contributed by atoms with van der Waals surface area (Å²) < 4.78 is 0. The molecule has 0 radical (unpaired) electrons. The number of benzene rings is 1. The van der Waals surface area contributed by atoms with Crippen molar-refractivity contribution in [3.8, 4) is 0 Å². The molecule has 2 N–H and O–H groups in total. The van der Waals surface area contributed by atoms with Crippen LogP contribution < -0.4 is 5.32 Å². The van der Waals surface area contributed by atoms with E-state index in [1.54, 1.807) is 12.1 Å². The normalized spacial score (nSPS) is 16.5. The van der Waals surface area contributed by atoms with Crippen LogP contribution in [0.2, 0.25) is 5.02 Å². The average Bonchev–Trinajstić information content (AvgIpc) is 2.29. The molecular formula is C14H16ClNO3. The molecule has 0 bridgehead atoms. The predicted octanol–water partition coefficient (Wildman–Crippen LogP) is 2.25. The molecule has 1 amide bonds. The minimum Gasteiger partial charge on any atom is -0.480 e. The molecule has 0 atom stereocenters. The Bertz CT molecular complexity index is 480. The Kier molecular flexibility index (Phi) is 4.10. The lowest BCUT2D eigenvalue weighted by atomic mass is 9.68. The van der Waals surface area contributed by atoms with Gasteiger partial charge >= 0.3 is 5.97 Å². The molecule has 0 unspecified atom stereocenters. The van der Waals surface area contributed by atoms with Crippen LogP contribution in [0.5, 0.6) is 0 Å². The molecule has 1 fully saturated rings. The smallest absolute Gasteiger partial charge is 0.319 e. The van der Waals surface area contributed by atoms with Gasteiger partial charge in [-0.05, 0) is 37.0 Å². The van der Waals surface area contributed by atoms with E-state index in [1.165, 1.54) is 0 Å². The third-order valence-corrected chi connectivity index (χ3v) is 3.92. The van der Waals surface area contributed by atoms with E-state index in [-0.39, 0.29) is 5.91 Å². The standard InChI is InChI=1S/C14H16ClNO3/c15-11-4-2-10(3-5-11)6-9-16-12(17)14(13(18)19)7-1-8-14/h2-5H,1,6-9H2,(H,16,17)(H,18,19). The van der Waals surface area contributed by atoms with Crippen LogP contribution in [0.4, 0.5) is 0 Å². The van der Waals surface area contributed by atoms with Crippen LogP contribution in [0, 0.1) is 5.41 Å². The molecule has 0 heterocycles.